The first-order valence-electron chi connectivity index (χ1n) is 12.7. The number of anilines is 6. The maximum atomic E-state index is 14.3. The van der Waals surface area contributed by atoms with Gasteiger partial charge in [-0.25, -0.2) is 18.2 Å². The molecule has 0 aliphatic carbocycles. The molecule has 41 heavy (non-hydrogen) atoms. The van der Waals surface area contributed by atoms with Crippen molar-refractivity contribution in [2.24, 2.45) is 0 Å². The van der Waals surface area contributed by atoms with Crippen molar-refractivity contribution in [3.05, 3.63) is 120 Å². The number of fused-ring (bicyclic) bond motifs is 1. The number of para-hydroxylation sites is 1. The minimum absolute atomic E-state index is 0.0671. The maximum absolute atomic E-state index is 14.3. The molecule has 2 aromatic heterocycles. The van der Waals surface area contributed by atoms with E-state index in [4.69, 9.17) is 4.98 Å². The quantitative estimate of drug-likeness (QED) is 0.184. The van der Waals surface area contributed by atoms with E-state index in [1.807, 2.05) is 43.3 Å². The van der Waals surface area contributed by atoms with Crippen LogP contribution in [0.25, 0.3) is 11.0 Å². The number of hydrogen-bond acceptors (Lipinski definition) is 7. The van der Waals surface area contributed by atoms with Crippen molar-refractivity contribution in [2.75, 3.05) is 16.0 Å². The zero-order chi connectivity index (χ0) is 28.3. The van der Waals surface area contributed by atoms with Crippen molar-refractivity contribution < 1.29 is 13.2 Å². The lowest BCUT2D eigenvalue weighted by Crippen LogP contribution is -2.08. The number of benzene rings is 4. The Hall–Kier alpha value is -5.45. The standard InChI is InChI=1S/C30H23F3N8/c1-18-34-25-16-22(14-15-26(25)41(18)17-19-6-3-2-4-7-19)36-29-38-28(35-21-12-10-20(31)11-13-21)39-30(40-29)37-27-23(32)8-5-9-24(27)33/h2-16H,17H2,1H3,(H3,35,36,37,38,39,40). The molecule has 0 bridgehead atoms. The van der Waals surface area contributed by atoms with Crippen LogP contribution in [0.3, 0.4) is 0 Å². The minimum atomic E-state index is -0.806. The number of hydrogen-bond donors (Lipinski definition) is 3. The van der Waals surface area contributed by atoms with E-state index < -0.39 is 23.1 Å². The molecule has 0 unspecified atom stereocenters. The maximum Gasteiger partial charge on any atom is 0.234 e. The third kappa shape index (κ3) is 5.78. The summed E-state index contributed by atoms with van der Waals surface area (Å²) in [5, 5.41) is 8.69. The predicted octanol–water partition coefficient (Wildman–Crippen LogP) is 7.23. The van der Waals surface area contributed by atoms with Gasteiger partial charge in [0.15, 0.2) is 0 Å². The summed E-state index contributed by atoms with van der Waals surface area (Å²) in [4.78, 5) is 17.7. The van der Waals surface area contributed by atoms with Crippen molar-refractivity contribution in [1.82, 2.24) is 24.5 Å². The molecule has 0 saturated heterocycles. The first-order chi connectivity index (χ1) is 19.9. The van der Waals surface area contributed by atoms with E-state index in [9.17, 15) is 13.2 Å². The van der Waals surface area contributed by atoms with E-state index in [2.05, 4.69) is 47.6 Å². The molecule has 0 aliphatic heterocycles. The summed E-state index contributed by atoms with van der Waals surface area (Å²) in [5.74, 6) is -1.09. The third-order valence-corrected chi connectivity index (χ3v) is 6.31. The van der Waals surface area contributed by atoms with Crippen LogP contribution in [0.2, 0.25) is 0 Å². The molecule has 0 saturated carbocycles. The molecule has 0 amide bonds. The molecule has 3 N–H and O–H groups in total. The van der Waals surface area contributed by atoms with Crippen molar-refractivity contribution in [3.8, 4) is 0 Å². The van der Waals surface area contributed by atoms with Gasteiger partial charge in [0.05, 0.1) is 11.0 Å². The molecule has 6 rings (SSSR count). The molecule has 0 fully saturated rings. The molecule has 0 atom stereocenters. The number of aromatic nitrogens is 5. The van der Waals surface area contributed by atoms with Crippen LogP contribution in [0.1, 0.15) is 11.4 Å². The second-order valence-electron chi connectivity index (χ2n) is 9.22. The summed E-state index contributed by atoms with van der Waals surface area (Å²) in [7, 11) is 0. The fourth-order valence-electron chi connectivity index (χ4n) is 4.36. The predicted molar refractivity (Wildman–Crippen MR) is 152 cm³/mol. The second kappa shape index (κ2) is 11.0. The van der Waals surface area contributed by atoms with E-state index in [1.165, 1.54) is 30.3 Å². The topological polar surface area (TPSA) is 92.6 Å². The SMILES string of the molecule is Cc1nc2cc(Nc3nc(Nc4ccc(F)cc4)nc(Nc4c(F)cccc4F)n3)ccc2n1Cc1ccccc1. The van der Waals surface area contributed by atoms with E-state index >= 15 is 0 Å². The number of aryl methyl sites for hydroxylation is 1. The summed E-state index contributed by atoms with van der Waals surface area (Å²) in [6.07, 6.45) is 0. The Morgan fingerprint density at radius 1 is 0.634 bits per heavy atom. The Morgan fingerprint density at radius 3 is 1.93 bits per heavy atom. The highest BCUT2D eigenvalue weighted by Crippen LogP contribution is 2.26. The molecule has 0 aliphatic rings. The number of nitrogens with one attached hydrogen (secondary N) is 3. The van der Waals surface area contributed by atoms with Gasteiger partial charge in [-0.1, -0.05) is 36.4 Å². The largest absolute Gasteiger partial charge is 0.324 e. The second-order valence-corrected chi connectivity index (χ2v) is 9.22. The van der Waals surface area contributed by atoms with Crippen molar-refractivity contribution in [3.63, 3.8) is 0 Å². The number of imidazole rings is 1. The van der Waals surface area contributed by atoms with Crippen molar-refractivity contribution in [1.29, 1.82) is 0 Å². The van der Waals surface area contributed by atoms with Gasteiger partial charge in [0, 0.05) is 17.9 Å². The highest BCUT2D eigenvalue weighted by atomic mass is 19.1. The average Bonchev–Trinajstić information content (AvgIpc) is 3.26. The van der Waals surface area contributed by atoms with Gasteiger partial charge in [-0.15, -0.1) is 0 Å². The molecule has 11 heteroatoms. The summed E-state index contributed by atoms with van der Waals surface area (Å²) >= 11 is 0. The van der Waals surface area contributed by atoms with Crippen LogP contribution in [0, 0.1) is 24.4 Å². The van der Waals surface area contributed by atoms with Crippen molar-refractivity contribution >= 4 is 45.9 Å². The molecular formula is C30H23F3N8. The Balaban J connectivity index is 1.32. The fraction of sp³-hybridized carbons (Fsp3) is 0.0667. The lowest BCUT2D eigenvalue weighted by molar-refractivity contribution is 0.590. The molecule has 0 radical (unpaired) electrons. The molecule has 6 aromatic rings. The molecular weight excluding hydrogens is 529 g/mol. The molecule has 4 aromatic carbocycles. The van der Waals surface area contributed by atoms with Crippen LogP contribution in [0.5, 0.6) is 0 Å². The Labute approximate surface area is 233 Å². The monoisotopic (exact) mass is 552 g/mol. The molecule has 0 spiro atoms. The van der Waals surface area contributed by atoms with Crippen LogP contribution in [-0.2, 0) is 6.54 Å². The van der Waals surface area contributed by atoms with Gasteiger partial charge in [0.2, 0.25) is 17.8 Å². The Morgan fingerprint density at radius 2 is 1.24 bits per heavy atom. The van der Waals surface area contributed by atoms with Gasteiger partial charge in [-0.2, -0.15) is 15.0 Å². The van der Waals surface area contributed by atoms with Crippen LogP contribution in [-0.4, -0.2) is 24.5 Å². The Bertz CT molecular complexity index is 1820. The molecule has 204 valence electrons. The Kier molecular flexibility index (Phi) is 6.90. The van der Waals surface area contributed by atoms with E-state index in [0.717, 1.165) is 34.6 Å². The van der Waals surface area contributed by atoms with Gasteiger partial charge >= 0.3 is 0 Å². The van der Waals surface area contributed by atoms with Crippen LogP contribution >= 0.6 is 0 Å². The first-order valence-corrected chi connectivity index (χ1v) is 12.7. The van der Waals surface area contributed by atoms with Crippen LogP contribution in [0.4, 0.5) is 48.1 Å². The third-order valence-electron chi connectivity index (χ3n) is 6.31. The lowest BCUT2D eigenvalue weighted by Gasteiger charge is -2.12. The average molecular weight is 553 g/mol. The van der Waals surface area contributed by atoms with Gasteiger partial charge < -0.3 is 20.5 Å². The van der Waals surface area contributed by atoms with Gasteiger partial charge in [0.1, 0.15) is 29.0 Å². The van der Waals surface area contributed by atoms with Crippen LogP contribution < -0.4 is 16.0 Å². The number of halogens is 3. The summed E-state index contributed by atoms with van der Waals surface area (Å²) in [5.41, 5.74) is 3.64. The number of rotatable bonds is 8. The van der Waals surface area contributed by atoms with Gasteiger partial charge in [0.25, 0.3) is 0 Å². The summed E-state index contributed by atoms with van der Waals surface area (Å²) in [6.45, 7) is 2.64. The zero-order valence-corrected chi connectivity index (χ0v) is 21.7. The molecule has 2 heterocycles. The number of nitrogens with zero attached hydrogens (tertiary/aromatic N) is 5. The smallest absolute Gasteiger partial charge is 0.234 e. The normalized spacial score (nSPS) is 11.0. The van der Waals surface area contributed by atoms with Crippen LogP contribution in [0.15, 0.2) is 91.0 Å². The van der Waals surface area contributed by atoms with E-state index in [-0.39, 0.29) is 17.8 Å². The highest BCUT2D eigenvalue weighted by molar-refractivity contribution is 5.81. The highest BCUT2D eigenvalue weighted by Gasteiger charge is 2.14. The van der Waals surface area contributed by atoms with Gasteiger partial charge in [-0.3, -0.25) is 0 Å². The summed E-state index contributed by atoms with van der Waals surface area (Å²) < 4.78 is 44.2. The lowest BCUT2D eigenvalue weighted by atomic mass is 10.2. The zero-order valence-electron chi connectivity index (χ0n) is 21.7. The minimum Gasteiger partial charge on any atom is -0.324 e. The van der Waals surface area contributed by atoms with Crippen molar-refractivity contribution in [2.45, 2.75) is 13.5 Å². The fourth-order valence-corrected chi connectivity index (χ4v) is 4.36. The van der Waals surface area contributed by atoms with E-state index in [1.54, 1.807) is 0 Å². The summed E-state index contributed by atoms with van der Waals surface area (Å²) in [6, 6.07) is 24.9. The molecule has 8 nitrogen and oxygen atoms in total. The first kappa shape index (κ1) is 25.8. The van der Waals surface area contributed by atoms with Gasteiger partial charge in [-0.05, 0) is 67.1 Å². The van der Waals surface area contributed by atoms with E-state index in [0.29, 0.717) is 17.9 Å².